The number of carbonyl (C=O) groups is 1. The summed E-state index contributed by atoms with van der Waals surface area (Å²) in [5.74, 6) is -0.581. The van der Waals surface area contributed by atoms with Gasteiger partial charge in [-0.2, -0.15) is 0 Å². The van der Waals surface area contributed by atoms with Crippen molar-refractivity contribution in [2.75, 3.05) is 7.11 Å². The lowest BCUT2D eigenvalue weighted by atomic mass is 10.1. The van der Waals surface area contributed by atoms with Gasteiger partial charge in [0.25, 0.3) is 0 Å². The number of aromatic hydroxyl groups is 1. The van der Waals surface area contributed by atoms with E-state index >= 15 is 0 Å². The lowest BCUT2D eigenvalue weighted by molar-refractivity contribution is -0.134. The van der Waals surface area contributed by atoms with Crippen LogP contribution in [0, 0.1) is 0 Å². The van der Waals surface area contributed by atoms with Gasteiger partial charge in [-0.3, -0.25) is 9.59 Å². The molecule has 6 nitrogen and oxygen atoms in total. The van der Waals surface area contributed by atoms with Crippen molar-refractivity contribution in [2.45, 2.75) is 26.2 Å². The minimum absolute atomic E-state index is 0.0111. The van der Waals surface area contributed by atoms with Crippen molar-refractivity contribution in [2.24, 2.45) is 0 Å². The predicted molar refractivity (Wildman–Crippen MR) is 101 cm³/mol. The van der Waals surface area contributed by atoms with E-state index in [2.05, 4.69) is 0 Å². The number of hydrogen-bond acceptors (Lipinski definition) is 6. The zero-order valence-corrected chi connectivity index (χ0v) is 15.2. The van der Waals surface area contributed by atoms with E-state index in [0.717, 1.165) is 6.42 Å². The van der Waals surface area contributed by atoms with Crippen LogP contribution in [-0.4, -0.2) is 18.2 Å². The quantitative estimate of drug-likeness (QED) is 0.516. The van der Waals surface area contributed by atoms with Gasteiger partial charge >= 0.3 is 5.97 Å². The number of esters is 1. The average molecular weight is 368 g/mol. The van der Waals surface area contributed by atoms with Gasteiger partial charge < -0.3 is 19.0 Å². The molecule has 0 amide bonds. The maximum Gasteiger partial charge on any atom is 0.311 e. The molecule has 0 fully saturated rings. The molecule has 0 radical (unpaired) electrons. The highest BCUT2D eigenvalue weighted by atomic mass is 16.6. The summed E-state index contributed by atoms with van der Waals surface area (Å²) in [6, 6.07) is 11.8. The van der Waals surface area contributed by atoms with Crippen molar-refractivity contribution in [3.05, 3.63) is 52.7 Å². The Kier molecular flexibility index (Phi) is 5.45. The van der Waals surface area contributed by atoms with Gasteiger partial charge in [-0.05, 0) is 6.42 Å². The largest absolute Gasteiger partial charge is 0.504 e. The Hall–Kier alpha value is -3.28. The van der Waals surface area contributed by atoms with Crippen LogP contribution < -0.4 is 14.9 Å². The molecule has 140 valence electrons. The second-order valence-electron chi connectivity index (χ2n) is 6.05. The number of ether oxygens (including phenoxy) is 2. The second-order valence-corrected chi connectivity index (χ2v) is 6.05. The number of fused-ring (bicyclic) bond motifs is 1. The van der Waals surface area contributed by atoms with Crippen LogP contribution in [0.1, 0.15) is 26.2 Å². The molecule has 3 rings (SSSR count). The van der Waals surface area contributed by atoms with E-state index in [1.165, 1.54) is 19.2 Å². The van der Waals surface area contributed by atoms with Crippen molar-refractivity contribution in [1.82, 2.24) is 0 Å². The van der Waals surface area contributed by atoms with Gasteiger partial charge in [-0.15, -0.1) is 0 Å². The molecular weight excluding hydrogens is 348 g/mol. The first-order chi connectivity index (χ1) is 13.0. The molecule has 0 aliphatic rings. The Morgan fingerprint density at radius 1 is 1.19 bits per heavy atom. The zero-order chi connectivity index (χ0) is 19.4. The lowest BCUT2D eigenvalue weighted by Crippen LogP contribution is -2.09. The molecular formula is C21H20O6. The van der Waals surface area contributed by atoms with Crippen LogP contribution in [0.4, 0.5) is 0 Å². The van der Waals surface area contributed by atoms with Gasteiger partial charge in [0, 0.05) is 24.1 Å². The molecule has 0 spiro atoms. The predicted octanol–water partition coefficient (Wildman–Crippen LogP) is 4.27. The summed E-state index contributed by atoms with van der Waals surface area (Å²) >= 11 is 0. The highest BCUT2D eigenvalue weighted by Crippen LogP contribution is 2.42. The highest BCUT2D eigenvalue weighted by Gasteiger charge is 2.21. The molecule has 6 heteroatoms. The van der Waals surface area contributed by atoms with Crippen molar-refractivity contribution in [1.29, 1.82) is 0 Å². The fourth-order valence-corrected chi connectivity index (χ4v) is 2.77. The van der Waals surface area contributed by atoms with Crippen molar-refractivity contribution < 1.29 is 23.8 Å². The number of carbonyl (C=O) groups excluding carboxylic acids is 1. The maximum atomic E-state index is 12.6. The van der Waals surface area contributed by atoms with Gasteiger partial charge in [-0.25, -0.2) is 0 Å². The molecule has 0 saturated heterocycles. The monoisotopic (exact) mass is 368 g/mol. The smallest absolute Gasteiger partial charge is 0.311 e. The lowest BCUT2D eigenvalue weighted by Gasteiger charge is -2.13. The number of phenolic OH excluding ortho intramolecular Hbond substituents is 1. The minimum atomic E-state index is -0.449. The third-order valence-electron chi connectivity index (χ3n) is 4.13. The molecule has 0 atom stereocenters. The summed E-state index contributed by atoms with van der Waals surface area (Å²) in [6.45, 7) is 1.97. The van der Waals surface area contributed by atoms with Crippen LogP contribution in [-0.2, 0) is 4.79 Å². The first-order valence-corrected chi connectivity index (χ1v) is 8.69. The van der Waals surface area contributed by atoms with Gasteiger partial charge in [0.05, 0.1) is 7.11 Å². The third-order valence-corrected chi connectivity index (χ3v) is 4.13. The number of benzene rings is 2. The summed E-state index contributed by atoms with van der Waals surface area (Å²) in [5, 5.41) is 10.5. The Morgan fingerprint density at radius 3 is 2.59 bits per heavy atom. The van der Waals surface area contributed by atoms with E-state index in [-0.39, 0.29) is 28.9 Å². The third kappa shape index (κ3) is 3.79. The molecule has 1 N–H and O–H groups in total. The summed E-state index contributed by atoms with van der Waals surface area (Å²) in [7, 11) is 1.32. The second kappa shape index (κ2) is 7.95. The molecule has 3 aromatic rings. The van der Waals surface area contributed by atoms with Gasteiger partial charge in [0.1, 0.15) is 16.7 Å². The van der Waals surface area contributed by atoms with Crippen molar-refractivity contribution in [3.63, 3.8) is 0 Å². The van der Waals surface area contributed by atoms with E-state index in [1.54, 1.807) is 12.1 Å². The fourth-order valence-electron chi connectivity index (χ4n) is 2.77. The van der Waals surface area contributed by atoms with Crippen LogP contribution >= 0.6 is 0 Å². The summed E-state index contributed by atoms with van der Waals surface area (Å²) in [4.78, 5) is 24.5. The first kappa shape index (κ1) is 18.5. The summed E-state index contributed by atoms with van der Waals surface area (Å²) in [5.41, 5.74) is 0.404. The number of phenols is 1. The van der Waals surface area contributed by atoms with Crippen LogP contribution in [0.3, 0.4) is 0 Å². The highest BCUT2D eigenvalue weighted by molar-refractivity contribution is 5.90. The Balaban J connectivity index is 2.13. The zero-order valence-electron chi connectivity index (χ0n) is 15.2. The van der Waals surface area contributed by atoms with Crippen LogP contribution in [0.15, 0.2) is 51.7 Å². The van der Waals surface area contributed by atoms with E-state index in [9.17, 15) is 14.7 Å². The van der Waals surface area contributed by atoms with Gasteiger partial charge in [0.15, 0.2) is 16.9 Å². The molecule has 0 aliphatic heterocycles. The molecule has 0 bridgehead atoms. The number of unbranched alkanes of at least 4 members (excludes halogenated alkanes) is 1. The maximum absolute atomic E-state index is 12.6. The molecule has 2 aromatic carbocycles. The standard InChI is InChI=1S/C21H20O6/c1-3-4-10-18(23)27-17-12-16-19(20(24)21(17)25-2)14(22)11-15(26-16)13-8-6-5-7-9-13/h5-9,11-12,24H,3-4,10H2,1-2H3. The molecule has 27 heavy (non-hydrogen) atoms. The topological polar surface area (TPSA) is 86.0 Å². The van der Waals surface area contributed by atoms with Gasteiger partial charge in [0.2, 0.25) is 5.75 Å². The van der Waals surface area contributed by atoms with E-state index in [1.807, 2.05) is 25.1 Å². The van der Waals surface area contributed by atoms with E-state index in [0.29, 0.717) is 17.7 Å². The summed E-state index contributed by atoms with van der Waals surface area (Å²) in [6.07, 6.45) is 1.78. The molecule has 1 heterocycles. The Morgan fingerprint density at radius 2 is 1.93 bits per heavy atom. The SMILES string of the molecule is CCCCC(=O)Oc1cc2oc(-c3ccccc3)cc(=O)c2c(O)c1OC. The van der Waals surface area contributed by atoms with Crippen LogP contribution in [0.5, 0.6) is 17.2 Å². The van der Waals surface area contributed by atoms with Crippen LogP contribution in [0.25, 0.3) is 22.3 Å². The molecule has 1 aromatic heterocycles. The number of hydrogen-bond donors (Lipinski definition) is 1. The number of methoxy groups -OCH3 is 1. The molecule has 0 saturated carbocycles. The fraction of sp³-hybridized carbons (Fsp3) is 0.238. The van der Waals surface area contributed by atoms with Crippen molar-refractivity contribution in [3.8, 4) is 28.6 Å². The van der Waals surface area contributed by atoms with Gasteiger partial charge in [-0.1, -0.05) is 43.7 Å². The van der Waals surface area contributed by atoms with Crippen LogP contribution in [0.2, 0.25) is 0 Å². The Labute approximate surface area is 156 Å². The molecule has 0 unspecified atom stereocenters. The normalized spacial score (nSPS) is 10.7. The number of rotatable bonds is 6. The van der Waals surface area contributed by atoms with E-state index < -0.39 is 17.1 Å². The average Bonchev–Trinajstić information content (AvgIpc) is 2.66. The summed E-state index contributed by atoms with van der Waals surface area (Å²) < 4.78 is 16.3. The van der Waals surface area contributed by atoms with Crippen molar-refractivity contribution >= 4 is 16.9 Å². The first-order valence-electron chi connectivity index (χ1n) is 8.69. The Bertz CT molecular complexity index is 1020. The molecule has 0 aliphatic carbocycles. The van der Waals surface area contributed by atoms with E-state index in [4.69, 9.17) is 13.9 Å². The minimum Gasteiger partial charge on any atom is -0.504 e.